The Morgan fingerprint density at radius 1 is 1.35 bits per heavy atom. The second-order valence-electron chi connectivity index (χ2n) is 3.04. The lowest BCUT2D eigenvalue weighted by Crippen LogP contribution is -2.19. The van der Waals surface area contributed by atoms with Crippen LogP contribution in [-0.2, 0) is 4.79 Å². The van der Waals surface area contributed by atoms with Crippen LogP contribution in [0, 0.1) is 17.1 Å². The summed E-state index contributed by atoms with van der Waals surface area (Å²) >= 11 is 0. The highest BCUT2D eigenvalue weighted by Crippen LogP contribution is 2.18. The van der Waals surface area contributed by atoms with Crippen molar-refractivity contribution in [2.75, 3.05) is 0 Å². The summed E-state index contributed by atoms with van der Waals surface area (Å²) in [4.78, 5) is 10.5. The Balaban J connectivity index is 3.04. The van der Waals surface area contributed by atoms with Crippen LogP contribution in [0.3, 0.4) is 0 Å². The monoisotopic (exact) mass is 243 g/mol. The van der Waals surface area contributed by atoms with E-state index in [4.69, 9.17) is 5.26 Å². The van der Waals surface area contributed by atoms with Gasteiger partial charge in [0.25, 0.3) is 5.78 Å². The van der Waals surface area contributed by atoms with E-state index in [1.54, 1.807) is 6.07 Å². The molecule has 1 aromatic rings. The summed E-state index contributed by atoms with van der Waals surface area (Å²) in [6.07, 6.45) is -3.95. The molecule has 0 heterocycles. The van der Waals surface area contributed by atoms with Gasteiger partial charge in [-0.3, -0.25) is 4.79 Å². The minimum Gasteiger partial charge on any atom is -0.285 e. The van der Waals surface area contributed by atoms with Crippen molar-refractivity contribution in [2.24, 2.45) is 0 Å². The van der Waals surface area contributed by atoms with Crippen molar-refractivity contribution in [3.63, 3.8) is 0 Å². The van der Waals surface area contributed by atoms with Gasteiger partial charge in [-0.25, -0.2) is 4.39 Å². The number of allylic oxidation sites excluding steroid dienone is 1. The molecule has 0 bridgehead atoms. The minimum absolute atomic E-state index is 0.0161. The molecule has 0 atom stereocenters. The van der Waals surface area contributed by atoms with E-state index in [2.05, 4.69) is 0 Å². The number of carbonyl (C=O) groups excluding carboxylic acids is 1. The van der Waals surface area contributed by atoms with Gasteiger partial charge in [0.05, 0.1) is 11.6 Å². The quantitative estimate of drug-likeness (QED) is 0.592. The average Bonchev–Trinajstić information content (AvgIpc) is 2.24. The first kappa shape index (κ1) is 12.9. The third-order valence-electron chi connectivity index (χ3n) is 1.83. The van der Waals surface area contributed by atoms with Gasteiger partial charge in [-0.05, 0) is 35.9 Å². The van der Waals surface area contributed by atoms with Gasteiger partial charge in [-0.15, -0.1) is 0 Å². The molecule has 88 valence electrons. The molecule has 0 aliphatic rings. The van der Waals surface area contributed by atoms with Gasteiger partial charge in [0.15, 0.2) is 0 Å². The molecule has 0 fully saturated rings. The molecule has 17 heavy (non-hydrogen) atoms. The van der Waals surface area contributed by atoms with Crippen molar-refractivity contribution in [3.8, 4) is 6.07 Å². The third-order valence-corrected chi connectivity index (χ3v) is 1.83. The fraction of sp³-hybridized carbons (Fsp3) is 0.0909. The normalized spacial score (nSPS) is 11.5. The Hall–Kier alpha value is -2.16. The zero-order valence-electron chi connectivity index (χ0n) is 8.25. The summed E-state index contributed by atoms with van der Waals surface area (Å²) in [6.45, 7) is 0. The second-order valence-corrected chi connectivity index (χ2v) is 3.04. The minimum atomic E-state index is -4.98. The number of alkyl halides is 3. The molecule has 0 radical (unpaired) electrons. The molecule has 0 unspecified atom stereocenters. The summed E-state index contributed by atoms with van der Waals surface area (Å²) in [7, 11) is 0. The highest BCUT2D eigenvalue weighted by atomic mass is 19.4. The van der Waals surface area contributed by atoms with Crippen molar-refractivity contribution < 1.29 is 22.4 Å². The molecule has 1 aromatic carbocycles. The number of carbonyl (C=O) groups is 1. The van der Waals surface area contributed by atoms with Gasteiger partial charge in [0, 0.05) is 0 Å². The Labute approximate surface area is 93.8 Å². The van der Waals surface area contributed by atoms with Gasteiger partial charge < -0.3 is 0 Å². The van der Waals surface area contributed by atoms with Gasteiger partial charge in [0.1, 0.15) is 5.82 Å². The maximum Gasteiger partial charge on any atom is 0.454 e. The first-order valence-corrected chi connectivity index (χ1v) is 4.33. The number of ketones is 1. The van der Waals surface area contributed by atoms with E-state index < -0.39 is 17.8 Å². The fourth-order valence-electron chi connectivity index (χ4n) is 1.03. The number of benzene rings is 1. The van der Waals surface area contributed by atoms with Crippen molar-refractivity contribution >= 4 is 11.9 Å². The van der Waals surface area contributed by atoms with Gasteiger partial charge >= 0.3 is 6.18 Å². The van der Waals surface area contributed by atoms with Gasteiger partial charge in [0.2, 0.25) is 0 Å². The molecular weight excluding hydrogens is 238 g/mol. The Kier molecular flexibility index (Phi) is 3.63. The predicted octanol–water partition coefficient (Wildman–Crippen LogP) is 2.84. The number of halogens is 4. The van der Waals surface area contributed by atoms with Crippen LogP contribution in [0.15, 0.2) is 24.3 Å². The van der Waals surface area contributed by atoms with E-state index in [-0.39, 0.29) is 17.2 Å². The molecule has 0 N–H and O–H groups in total. The first-order chi connectivity index (χ1) is 7.84. The second kappa shape index (κ2) is 4.78. The molecule has 0 saturated carbocycles. The van der Waals surface area contributed by atoms with Crippen LogP contribution < -0.4 is 0 Å². The summed E-state index contributed by atoms with van der Waals surface area (Å²) in [5.74, 6) is -2.77. The third kappa shape index (κ3) is 3.41. The SMILES string of the molecule is N#Cc1ccc(F)cc1/C=C/C(=O)C(F)(F)F. The van der Waals surface area contributed by atoms with Crippen molar-refractivity contribution in [2.45, 2.75) is 6.18 Å². The summed E-state index contributed by atoms with van der Waals surface area (Å²) < 4.78 is 48.4. The standard InChI is InChI=1S/C11H5F4NO/c12-9-3-1-8(6-16)7(5-9)2-4-10(17)11(13,14)15/h1-5H/b4-2+. The molecule has 0 aliphatic carbocycles. The molecular formula is C11H5F4NO. The lowest BCUT2D eigenvalue weighted by Gasteiger charge is -2.00. The maximum absolute atomic E-state index is 12.8. The van der Waals surface area contributed by atoms with Crippen molar-refractivity contribution in [1.82, 2.24) is 0 Å². The lowest BCUT2D eigenvalue weighted by molar-refractivity contribution is -0.165. The van der Waals surface area contributed by atoms with Crippen molar-refractivity contribution in [3.05, 3.63) is 41.2 Å². The van der Waals surface area contributed by atoms with Crippen LogP contribution in [0.1, 0.15) is 11.1 Å². The van der Waals surface area contributed by atoms with E-state index in [0.717, 1.165) is 24.3 Å². The molecule has 0 aromatic heterocycles. The number of hydrogen-bond donors (Lipinski definition) is 0. The number of hydrogen-bond acceptors (Lipinski definition) is 2. The number of nitrogens with zero attached hydrogens (tertiary/aromatic N) is 1. The Bertz CT molecular complexity index is 511. The molecule has 6 heteroatoms. The van der Waals surface area contributed by atoms with Crippen LogP contribution >= 0.6 is 0 Å². The topological polar surface area (TPSA) is 40.9 Å². The summed E-state index contributed by atoms with van der Waals surface area (Å²) in [6, 6.07) is 4.67. The summed E-state index contributed by atoms with van der Waals surface area (Å²) in [5, 5.41) is 8.62. The highest BCUT2D eigenvalue weighted by Gasteiger charge is 2.35. The lowest BCUT2D eigenvalue weighted by atomic mass is 10.1. The largest absolute Gasteiger partial charge is 0.454 e. The average molecular weight is 243 g/mol. The Morgan fingerprint density at radius 2 is 2.00 bits per heavy atom. The van der Waals surface area contributed by atoms with Crippen LogP contribution in [0.5, 0.6) is 0 Å². The smallest absolute Gasteiger partial charge is 0.285 e. The van der Waals surface area contributed by atoms with E-state index in [9.17, 15) is 22.4 Å². The molecule has 0 amide bonds. The highest BCUT2D eigenvalue weighted by molar-refractivity contribution is 5.97. The molecule has 1 rings (SSSR count). The Morgan fingerprint density at radius 3 is 2.53 bits per heavy atom. The van der Waals surface area contributed by atoms with Gasteiger partial charge in [-0.2, -0.15) is 18.4 Å². The molecule has 0 spiro atoms. The van der Waals surface area contributed by atoms with Crippen molar-refractivity contribution in [1.29, 1.82) is 5.26 Å². The molecule has 0 aliphatic heterocycles. The maximum atomic E-state index is 12.8. The van der Waals surface area contributed by atoms with E-state index in [0.29, 0.717) is 0 Å². The van der Waals surface area contributed by atoms with E-state index in [1.165, 1.54) is 0 Å². The zero-order valence-corrected chi connectivity index (χ0v) is 8.25. The van der Waals surface area contributed by atoms with E-state index in [1.807, 2.05) is 0 Å². The molecule has 2 nitrogen and oxygen atoms in total. The van der Waals surface area contributed by atoms with Gasteiger partial charge in [-0.1, -0.05) is 0 Å². The molecule has 0 saturated heterocycles. The van der Waals surface area contributed by atoms with Crippen LogP contribution in [0.2, 0.25) is 0 Å². The van der Waals surface area contributed by atoms with Crippen LogP contribution in [-0.4, -0.2) is 12.0 Å². The fourth-order valence-corrected chi connectivity index (χ4v) is 1.03. The van der Waals surface area contributed by atoms with Crippen LogP contribution in [0.4, 0.5) is 17.6 Å². The number of nitriles is 1. The number of rotatable bonds is 2. The van der Waals surface area contributed by atoms with Crippen LogP contribution in [0.25, 0.3) is 6.08 Å². The summed E-state index contributed by atoms with van der Waals surface area (Å²) in [5.41, 5.74) is -0.0947. The predicted molar refractivity (Wildman–Crippen MR) is 51.2 cm³/mol. The zero-order chi connectivity index (χ0) is 13.1. The van der Waals surface area contributed by atoms with E-state index >= 15 is 0 Å². The first-order valence-electron chi connectivity index (χ1n) is 4.33.